The standard InChI is InChI=1S/C21H19N3O3S/c1-4-8-24-20(16-7-9-26-14(16)3)22-23-21(24)28-12-15-11-19(25)27-18-10-13(2)5-6-17(15)18/h4-7,9-11H,1,8,12H2,2-3H3. The predicted molar refractivity (Wildman–Crippen MR) is 109 cm³/mol. The lowest BCUT2D eigenvalue weighted by Crippen LogP contribution is -2.02. The number of nitrogens with zero attached hydrogens (tertiary/aromatic N) is 3. The Labute approximate surface area is 165 Å². The Kier molecular flexibility index (Phi) is 4.92. The third-order valence-corrected chi connectivity index (χ3v) is 5.49. The molecule has 0 unspecified atom stereocenters. The van der Waals surface area contributed by atoms with Crippen LogP contribution in [0.15, 0.2) is 68.0 Å². The van der Waals surface area contributed by atoms with Gasteiger partial charge in [-0.2, -0.15) is 0 Å². The molecule has 0 aliphatic carbocycles. The van der Waals surface area contributed by atoms with Gasteiger partial charge in [-0.05, 0) is 37.1 Å². The molecule has 0 saturated heterocycles. The fraction of sp³-hybridized carbons (Fsp3) is 0.190. The second-order valence-corrected chi connectivity index (χ2v) is 7.42. The molecule has 4 rings (SSSR count). The first-order valence-corrected chi connectivity index (χ1v) is 9.80. The smallest absolute Gasteiger partial charge is 0.336 e. The van der Waals surface area contributed by atoms with Crippen LogP contribution < -0.4 is 5.63 Å². The number of rotatable bonds is 6. The lowest BCUT2D eigenvalue weighted by atomic mass is 10.1. The highest BCUT2D eigenvalue weighted by atomic mass is 32.2. The summed E-state index contributed by atoms with van der Waals surface area (Å²) in [4.78, 5) is 12.0. The maximum Gasteiger partial charge on any atom is 0.336 e. The highest BCUT2D eigenvalue weighted by molar-refractivity contribution is 7.98. The Bertz CT molecular complexity index is 1220. The SMILES string of the molecule is C=CCn1c(SCc2cc(=O)oc3cc(C)ccc23)nnc1-c1ccoc1C. The van der Waals surface area contributed by atoms with Crippen molar-refractivity contribution in [1.82, 2.24) is 14.8 Å². The first-order valence-electron chi connectivity index (χ1n) is 8.81. The Balaban J connectivity index is 1.68. The van der Waals surface area contributed by atoms with Crippen LogP contribution in [0.4, 0.5) is 0 Å². The molecule has 0 spiro atoms. The maximum absolute atomic E-state index is 12.0. The van der Waals surface area contributed by atoms with Gasteiger partial charge in [-0.1, -0.05) is 30.0 Å². The van der Waals surface area contributed by atoms with Crippen molar-refractivity contribution in [2.45, 2.75) is 31.3 Å². The van der Waals surface area contributed by atoms with Gasteiger partial charge in [0.05, 0.1) is 11.8 Å². The molecule has 28 heavy (non-hydrogen) atoms. The van der Waals surface area contributed by atoms with E-state index in [0.29, 0.717) is 17.9 Å². The molecule has 6 nitrogen and oxygen atoms in total. The summed E-state index contributed by atoms with van der Waals surface area (Å²) in [6.07, 6.45) is 3.45. The van der Waals surface area contributed by atoms with E-state index in [-0.39, 0.29) is 5.63 Å². The number of furan rings is 1. The molecule has 0 fully saturated rings. The molecule has 0 N–H and O–H groups in total. The van der Waals surface area contributed by atoms with Crippen molar-refractivity contribution >= 4 is 22.7 Å². The lowest BCUT2D eigenvalue weighted by molar-refractivity contribution is 0.534. The highest BCUT2D eigenvalue weighted by Crippen LogP contribution is 2.30. The molecule has 4 aromatic rings. The van der Waals surface area contributed by atoms with Crippen molar-refractivity contribution in [3.63, 3.8) is 0 Å². The third-order valence-electron chi connectivity index (χ3n) is 4.47. The zero-order valence-corrected chi connectivity index (χ0v) is 16.5. The number of fused-ring (bicyclic) bond motifs is 1. The summed E-state index contributed by atoms with van der Waals surface area (Å²) in [5, 5.41) is 10.4. The molecule has 0 aliphatic rings. The monoisotopic (exact) mass is 393 g/mol. The fourth-order valence-corrected chi connectivity index (χ4v) is 4.04. The molecule has 3 heterocycles. The molecule has 0 aliphatic heterocycles. The first kappa shape index (κ1) is 18.3. The molecule has 0 saturated carbocycles. The normalized spacial score (nSPS) is 11.2. The highest BCUT2D eigenvalue weighted by Gasteiger charge is 2.17. The van der Waals surface area contributed by atoms with E-state index < -0.39 is 0 Å². The maximum atomic E-state index is 12.0. The van der Waals surface area contributed by atoms with Gasteiger partial charge in [0.25, 0.3) is 0 Å². The van der Waals surface area contributed by atoms with E-state index in [9.17, 15) is 4.79 Å². The van der Waals surface area contributed by atoms with Crippen LogP contribution in [0.3, 0.4) is 0 Å². The number of allylic oxidation sites excluding steroid dienone is 1. The fourth-order valence-electron chi connectivity index (χ4n) is 3.10. The van der Waals surface area contributed by atoms with Gasteiger partial charge in [0.1, 0.15) is 11.3 Å². The van der Waals surface area contributed by atoms with E-state index in [1.54, 1.807) is 12.3 Å². The Morgan fingerprint density at radius 2 is 2.07 bits per heavy atom. The number of benzene rings is 1. The first-order chi connectivity index (χ1) is 13.6. The van der Waals surface area contributed by atoms with E-state index in [4.69, 9.17) is 8.83 Å². The van der Waals surface area contributed by atoms with Crippen LogP contribution in [0.2, 0.25) is 0 Å². The summed E-state index contributed by atoms with van der Waals surface area (Å²) in [6, 6.07) is 9.30. The van der Waals surface area contributed by atoms with Crippen LogP contribution in [0.5, 0.6) is 0 Å². The molecular formula is C21H19N3O3S. The van der Waals surface area contributed by atoms with Gasteiger partial charge in [-0.15, -0.1) is 16.8 Å². The lowest BCUT2D eigenvalue weighted by Gasteiger charge is -2.08. The number of aryl methyl sites for hydroxylation is 2. The minimum atomic E-state index is -0.351. The third kappa shape index (κ3) is 3.41. The predicted octanol–water partition coefficient (Wildman–Crippen LogP) is 4.74. The van der Waals surface area contributed by atoms with Gasteiger partial charge in [-0.3, -0.25) is 4.57 Å². The molecule has 0 amide bonds. The van der Waals surface area contributed by atoms with Crippen LogP contribution in [0.1, 0.15) is 16.9 Å². The number of thioether (sulfide) groups is 1. The topological polar surface area (TPSA) is 74.1 Å². The summed E-state index contributed by atoms with van der Waals surface area (Å²) in [5.41, 5.74) is 3.11. The van der Waals surface area contributed by atoms with Crippen molar-refractivity contribution in [2.24, 2.45) is 0 Å². The number of hydrogen-bond acceptors (Lipinski definition) is 6. The minimum absolute atomic E-state index is 0.351. The molecule has 0 radical (unpaired) electrons. The molecule has 0 atom stereocenters. The van der Waals surface area contributed by atoms with Gasteiger partial charge in [0.15, 0.2) is 11.0 Å². The summed E-state index contributed by atoms with van der Waals surface area (Å²) < 4.78 is 12.7. The van der Waals surface area contributed by atoms with Crippen LogP contribution in [0.25, 0.3) is 22.4 Å². The van der Waals surface area contributed by atoms with Gasteiger partial charge < -0.3 is 8.83 Å². The molecule has 3 aromatic heterocycles. The van der Waals surface area contributed by atoms with Crippen molar-refractivity contribution in [3.8, 4) is 11.4 Å². The second-order valence-electron chi connectivity index (χ2n) is 6.47. The Morgan fingerprint density at radius 1 is 1.21 bits per heavy atom. The summed E-state index contributed by atoms with van der Waals surface area (Å²) >= 11 is 1.52. The van der Waals surface area contributed by atoms with E-state index in [0.717, 1.165) is 38.8 Å². The van der Waals surface area contributed by atoms with Crippen molar-refractivity contribution < 1.29 is 8.83 Å². The van der Waals surface area contributed by atoms with Crippen molar-refractivity contribution in [1.29, 1.82) is 0 Å². The average molecular weight is 393 g/mol. The molecule has 142 valence electrons. The minimum Gasteiger partial charge on any atom is -0.469 e. The van der Waals surface area contributed by atoms with E-state index in [2.05, 4.69) is 16.8 Å². The number of hydrogen-bond donors (Lipinski definition) is 0. The van der Waals surface area contributed by atoms with E-state index >= 15 is 0 Å². The van der Waals surface area contributed by atoms with Gasteiger partial charge in [-0.25, -0.2) is 4.79 Å². The molecule has 1 aromatic carbocycles. The molecular weight excluding hydrogens is 374 g/mol. The van der Waals surface area contributed by atoms with Crippen LogP contribution in [-0.2, 0) is 12.3 Å². The number of aromatic nitrogens is 3. The van der Waals surface area contributed by atoms with Crippen molar-refractivity contribution in [3.05, 3.63) is 76.6 Å². The average Bonchev–Trinajstić information content (AvgIpc) is 3.25. The summed E-state index contributed by atoms with van der Waals surface area (Å²) in [6.45, 7) is 8.28. The quantitative estimate of drug-likeness (QED) is 0.268. The van der Waals surface area contributed by atoms with Crippen LogP contribution in [0, 0.1) is 13.8 Å². The van der Waals surface area contributed by atoms with E-state index in [1.165, 1.54) is 11.8 Å². The van der Waals surface area contributed by atoms with Gasteiger partial charge in [0, 0.05) is 23.8 Å². The largest absolute Gasteiger partial charge is 0.469 e. The zero-order valence-electron chi connectivity index (χ0n) is 15.6. The van der Waals surface area contributed by atoms with Crippen LogP contribution in [-0.4, -0.2) is 14.8 Å². The summed E-state index contributed by atoms with van der Waals surface area (Å²) in [7, 11) is 0. The van der Waals surface area contributed by atoms with Crippen LogP contribution >= 0.6 is 11.8 Å². The second kappa shape index (κ2) is 7.52. The van der Waals surface area contributed by atoms with Crippen molar-refractivity contribution in [2.75, 3.05) is 0 Å². The molecule has 7 heteroatoms. The molecule has 0 bridgehead atoms. The summed E-state index contributed by atoms with van der Waals surface area (Å²) in [5.74, 6) is 2.10. The van der Waals surface area contributed by atoms with Gasteiger partial charge >= 0.3 is 5.63 Å². The Hall–Kier alpha value is -3.06. The Morgan fingerprint density at radius 3 is 2.82 bits per heavy atom. The van der Waals surface area contributed by atoms with E-state index in [1.807, 2.05) is 48.8 Å². The van der Waals surface area contributed by atoms with Gasteiger partial charge in [0.2, 0.25) is 0 Å². The zero-order chi connectivity index (χ0) is 19.7.